The Bertz CT molecular complexity index is 962. The Morgan fingerprint density at radius 2 is 1.67 bits per heavy atom. The summed E-state index contributed by atoms with van der Waals surface area (Å²) in [5.74, 6) is 1.95. The molecular formula is C20H28N4O5S. The number of hydrazone groups is 1. The van der Waals surface area contributed by atoms with E-state index < -0.39 is 10.0 Å². The Labute approximate surface area is 177 Å². The second kappa shape index (κ2) is 10.3. The Hall–Kier alpha value is -2.85. The normalized spacial score (nSPS) is 12.0. The van der Waals surface area contributed by atoms with Gasteiger partial charge in [-0.15, -0.1) is 0 Å². The average molecular weight is 437 g/mol. The Kier molecular flexibility index (Phi) is 8.01. The lowest BCUT2D eigenvalue weighted by Gasteiger charge is -2.18. The Morgan fingerprint density at radius 3 is 2.10 bits per heavy atom. The van der Waals surface area contributed by atoms with Crippen LogP contribution in [0.1, 0.15) is 26.3 Å². The van der Waals surface area contributed by atoms with Gasteiger partial charge in [-0.25, -0.2) is 13.4 Å². The van der Waals surface area contributed by atoms with Crippen LogP contribution in [0.5, 0.6) is 17.2 Å². The van der Waals surface area contributed by atoms with Gasteiger partial charge in [-0.05, 0) is 31.2 Å². The van der Waals surface area contributed by atoms with Crippen LogP contribution >= 0.6 is 0 Å². The number of pyridine rings is 1. The fourth-order valence-corrected chi connectivity index (χ4v) is 4.21. The molecule has 0 atom stereocenters. The van der Waals surface area contributed by atoms with Crippen molar-refractivity contribution in [1.82, 2.24) is 9.29 Å². The predicted molar refractivity (Wildman–Crippen MR) is 116 cm³/mol. The van der Waals surface area contributed by atoms with Gasteiger partial charge < -0.3 is 14.2 Å². The van der Waals surface area contributed by atoms with Crippen LogP contribution in [0.25, 0.3) is 0 Å². The van der Waals surface area contributed by atoms with Crippen LogP contribution in [0.15, 0.2) is 40.5 Å². The molecule has 1 aromatic carbocycles. The van der Waals surface area contributed by atoms with E-state index in [1.54, 1.807) is 46.3 Å². The maximum atomic E-state index is 12.5. The van der Waals surface area contributed by atoms with E-state index in [-0.39, 0.29) is 4.90 Å². The number of methoxy groups -OCH3 is 3. The van der Waals surface area contributed by atoms with Crippen molar-refractivity contribution in [3.63, 3.8) is 0 Å². The largest absolute Gasteiger partial charge is 0.493 e. The fraction of sp³-hybridized carbons (Fsp3) is 0.400. The van der Waals surface area contributed by atoms with Gasteiger partial charge in [0, 0.05) is 24.8 Å². The molecule has 2 aromatic rings. The molecule has 0 radical (unpaired) electrons. The van der Waals surface area contributed by atoms with Gasteiger partial charge >= 0.3 is 0 Å². The summed E-state index contributed by atoms with van der Waals surface area (Å²) >= 11 is 0. The van der Waals surface area contributed by atoms with Crippen LogP contribution in [-0.2, 0) is 10.0 Å². The van der Waals surface area contributed by atoms with Crippen molar-refractivity contribution in [2.45, 2.75) is 25.7 Å². The summed E-state index contributed by atoms with van der Waals surface area (Å²) in [5.41, 5.74) is 4.25. The van der Waals surface area contributed by atoms with Crippen LogP contribution < -0.4 is 19.6 Å². The molecule has 0 amide bonds. The first kappa shape index (κ1) is 23.4. The summed E-state index contributed by atoms with van der Waals surface area (Å²) in [6.45, 7) is 6.21. The molecule has 1 N–H and O–H groups in total. The smallest absolute Gasteiger partial charge is 0.244 e. The molecule has 0 spiro atoms. The molecule has 2 rings (SSSR count). The maximum absolute atomic E-state index is 12.5. The molecule has 10 heteroatoms. The molecule has 164 valence electrons. The third kappa shape index (κ3) is 5.00. The summed E-state index contributed by atoms with van der Waals surface area (Å²) in [4.78, 5) is 4.30. The molecule has 0 bridgehead atoms. The lowest BCUT2D eigenvalue weighted by Crippen LogP contribution is -2.30. The minimum Gasteiger partial charge on any atom is -0.493 e. The minimum absolute atomic E-state index is 0.141. The standard InChI is InChI=1S/C20H28N4O5S/c1-7-24(8-2)30(25,26)16-9-10-19(21-13-16)23-22-14(3)15-11-17(27-4)20(29-6)18(12-15)28-5/h9-13H,7-8H2,1-6H3,(H,21,23)/b22-14-. The van der Waals surface area contributed by atoms with Crippen molar-refractivity contribution in [3.05, 3.63) is 36.0 Å². The van der Waals surface area contributed by atoms with Crippen molar-refractivity contribution in [3.8, 4) is 17.2 Å². The van der Waals surface area contributed by atoms with Gasteiger partial charge in [-0.2, -0.15) is 9.41 Å². The molecule has 0 aliphatic rings. The summed E-state index contributed by atoms with van der Waals surface area (Å²) in [7, 11) is 1.08. The quantitative estimate of drug-likeness (QED) is 0.451. The van der Waals surface area contributed by atoms with Crippen LogP contribution in [0, 0.1) is 0 Å². The van der Waals surface area contributed by atoms with E-state index in [2.05, 4.69) is 15.5 Å². The van der Waals surface area contributed by atoms with E-state index >= 15 is 0 Å². The van der Waals surface area contributed by atoms with Crippen molar-refractivity contribution in [1.29, 1.82) is 0 Å². The molecule has 30 heavy (non-hydrogen) atoms. The Balaban J connectivity index is 2.24. The second-order valence-electron chi connectivity index (χ2n) is 6.19. The number of nitrogens with one attached hydrogen (secondary N) is 1. The van der Waals surface area contributed by atoms with E-state index in [0.29, 0.717) is 41.9 Å². The number of sulfonamides is 1. The lowest BCUT2D eigenvalue weighted by atomic mass is 10.1. The molecule has 9 nitrogen and oxygen atoms in total. The van der Waals surface area contributed by atoms with Gasteiger partial charge in [0.05, 0.1) is 27.0 Å². The van der Waals surface area contributed by atoms with E-state index in [9.17, 15) is 8.42 Å². The first-order valence-electron chi connectivity index (χ1n) is 9.39. The van der Waals surface area contributed by atoms with Gasteiger partial charge in [0.2, 0.25) is 15.8 Å². The molecule has 0 fully saturated rings. The number of rotatable bonds is 10. The van der Waals surface area contributed by atoms with Crippen molar-refractivity contribution >= 4 is 21.6 Å². The third-order valence-electron chi connectivity index (χ3n) is 4.50. The summed E-state index contributed by atoms with van der Waals surface area (Å²) in [6, 6.07) is 6.65. The summed E-state index contributed by atoms with van der Waals surface area (Å²) < 4.78 is 42.5. The number of nitrogens with zero attached hydrogens (tertiary/aromatic N) is 3. The van der Waals surface area contributed by atoms with Gasteiger partial charge in [0.25, 0.3) is 0 Å². The van der Waals surface area contributed by atoms with E-state index in [1.165, 1.54) is 23.7 Å². The summed E-state index contributed by atoms with van der Waals surface area (Å²) in [5, 5.41) is 4.32. The number of hydrogen-bond acceptors (Lipinski definition) is 8. The zero-order valence-corrected chi connectivity index (χ0v) is 18.9. The van der Waals surface area contributed by atoms with Crippen LogP contribution in [0.2, 0.25) is 0 Å². The zero-order chi connectivity index (χ0) is 22.3. The number of anilines is 1. The highest BCUT2D eigenvalue weighted by molar-refractivity contribution is 7.89. The highest BCUT2D eigenvalue weighted by Crippen LogP contribution is 2.38. The minimum atomic E-state index is -3.55. The lowest BCUT2D eigenvalue weighted by molar-refractivity contribution is 0.324. The number of ether oxygens (including phenoxy) is 3. The molecule has 0 unspecified atom stereocenters. The first-order chi connectivity index (χ1) is 14.3. The van der Waals surface area contributed by atoms with E-state index in [0.717, 1.165) is 5.56 Å². The summed E-state index contributed by atoms with van der Waals surface area (Å²) in [6.07, 6.45) is 1.32. The maximum Gasteiger partial charge on any atom is 0.244 e. The van der Waals surface area contributed by atoms with Gasteiger partial charge in [0.15, 0.2) is 11.5 Å². The van der Waals surface area contributed by atoms with Crippen LogP contribution in [0.3, 0.4) is 0 Å². The third-order valence-corrected chi connectivity index (χ3v) is 6.53. The van der Waals surface area contributed by atoms with Crippen LogP contribution in [0.4, 0.5) is 5.82 Å². The fourth-order valence-electron chi connectivity index (χ4n) is 2.81. The molecule has 0 saturated carbocycles. The van der Waals surface area contributed by atoms with E-state index in [4.69, 9.17) is 14.2 Å². The van der Waals surface area contributed by atoms with Gasteiger partial charge in [-0.1, -0.05) is 13.8 Å². The number of benzene rings is 1. The molecule has 1 heterocycles. The molecular weight excluding hydrogens is 408 g/mol. The number of hydrogen-bond donors (Lipinski definition) is 1. The van der Waals surface area contributed by atoms with Crippen LogP contribution in [-0.4, -0.2) is 57.8 Å². The Morgan fingerprint density at radius 1 is 1.07 bits per heavy atom. The molecule has 0 aliphatic heterocycles. The highest BCUT2D eigenvalue weighted by Gasteiger charge is 2.21. The SMILES string of the molecule is CCN(CC)S(=O)(=O)c1ccc(N/N=C(/C)c2cc(OC)c(OC)c(OC)c2)nc1. The predicted octanol–water partition coefficient (Wildman–Crippen LogP) is 2.97. The topological polar surface area (TPSA) is 102 Å². The molecule has 0 aliphatic carbocycles. The first-order valence-corrected chi connectivity index (χ1v) is 10.8. The van der Waals surface area contributed by atoms with Gasteiger partial charge in [-0.3, -0.25) is 5.43 Å². The highest BCUT2D eigenvalue weighted by atomic mass is 32.2. The van der Waals surface area contributed by atoms with Crippen molar-refractivity contribution in [2.24, 2.45) is 5.10 Å². The molecule has 0 saturated heterocycles. The molecule has 1 aromatic heterocycles. The average Bonchev–Trinajstić information content (AvgIpc) is 2.77. The monoisotopic (exact) mass is 436 g/mol. The van der Waals surface area contributed by atoms with Crippen molar-refractivity contribution in [2.75, 3.05) is 39.8 Å². The van der Waals surface area contributed by atoms with Gasteiger partial charge in [0.1, 0.15) is 10.7 Å². The number of aromatic nitrogens is 1. The van der Waals surface area contributed by atoms with E-state index in [1.807, 2.05) is 6.92 Å². The van der Waals surface area contributed by atoms with Crippen molar-refractivity contribution < 1.29 is 22.6 Å². The zero-order valence-electron chi connectivity index (χ0n) is 18.1. The second-order valence-corrected chi connectivity index (χ2v) is 8.13.